The molecule has 2 heterocycles. The quantitative estimate of drug-likeness (QED) is 0.752. The van der Waals surface area contributed by atoms with E-state index in [1.165, 1.54) is 31.5 Å². The summed E-state index contributed by atoms with van der Waals surface area (Å²) in [5.41, 5.74) is 1.17. The second-order valence-electron chi connectivity index (χ2n) is 6.59. The number of fused-ring (bicyclic) bond motifs is 1. The van der Waals surface area contributed by atoms with Crippen LogP contribution in [0.15, 0.2) is 18.2 Å². The highest BCUT2D eigenvalue weighted by Gasteiger charge is 2.34. The zero-order chi connectivity index (χ0) is 16.2. The molecule has 2 fully saturated rings. The number of benzene rings is 1. The van der Waals surface area contributed by atoms with Crippen LogP contribution in [0, 0.1) is 0 Å². The average Bonchev–Trinajstić information content (AvgIpc) is 3.01. The van der Waals surface area contributed by atoms with Crippen molar-refractivity contribution in [3.8, 4) is 11.5 Å². The van der Waals surface area contributed by atoms with Gasteiger partial charge in [-0.25, -0.2) is 0 Å². The maximum atomic E-state index is 5.73. The van der Waals surface area contributed by atoms with E-state index in [1.807, 2.05) is 12.1 Å². The maximum absolute atomic E-state index is 5.73. The molecule has 0 aliphatic carbocycles. The second kappa shape index (κ2) is 7.51. The molecule has 1 aromatic carbocycles. The normalized spacial score (nSPS) is 25.3. The Morgan fingerprint density at radius 1 is 1.22 bits per heavy atom. The summed E-state index contributed by atoms with van der Waals surface area (Å²) in [6, 6.07) is 7.28. The van der Waals surface area contributed by atoms with Crippen molar-refractivity contribution < 1.29 is 14.2 Å². The van der Waals surface area contributed by atoms with Crippen molar-refractivity contribution >= 4 is 0 Å². The number of piperazine rings is 1. The van der Waals surface area contributed by atoms with Crippen LogP contribution in [0.3, 0.4) is 0 Å². The Labute approximate surface area is 139 Å². The molecule has 2 aliphatic rings. The van der Waals surface area contributed by atoms with E-state index in [-0.39, 0.29) is 6.79 Å². The van der Waals surface area contributed by atoms with Crippen LogP contribution < -0.4 is 9.47 Å². The van der Waals surface area contributed by atoms with Crippen molar-refractivity contribution in [2.24, 2.45) is 0 Å². The minimum atomic E-state index is 0.269. The van der Waals surface area contributed by atoms with Gasteiger partial charge in [0.2, 0.25) is 0 Å². The van der Waals surface area contributed by atoms with Crippen LogP contribution in [-0.4, -0.2) is 62.5 Å². The van der Waals surface area contributed by atoms with E-state index in [0.29, 0.717) is 6.04 Å². The summed E-state index contributed by atoms with van der Waals surface area (Å²) < 4.78 is 16.2. The van der Waals surface area contributed by atoms with Gasteiger partial charge in [0.1, 0.15) is 11.5 Å². The fraction of sp³-hybridized carbons (Fsp3) is 0.667. The molecule has 0 aromatic heterocycles. The lowest BCUT2D eigenvalue weighted by Crippen LogP contribution is -2.54. The van der Waals surface area contributed by atoms with Crippen LogP contribution >= 0.6 is 0 Å². The third-order valence-corrected chi connectivity index (χ3v) is 5.04. The zero-order valence-corrected chi connectivity index (χ0v) is 14.5. The first-order valence-electron chi connectivity index (χ1n) is 8.48. The Bertz CT molecular complexity index is 523. The van der Waals surface area contributed by atoms with E-state index in [0.717, 1.165) is 30.6 Å². The van der Waals surface area contributed by atoms with Gasteiger partial charge in [-0.3, -0.25) is 9.80 Å². The number of methoxy groups -OCH3 is 2. The van der Waals surface area contributed by atoms with E-state index < -0.39 is 0 Å². The van der Waals surface area contributed by atoms with E-state index in [2.05, 4.69) is 22.8 Å². The summed E-state index contributed by atoms with van der Waals surface area (Å²) >= 11 is 0. The van der Waals surface area contributed by atoms with Crippen molar-refractivity contribution in [2.45, 2.75) is 38.4 Å². The molecular formula is C18H28N2O3. The van der Waals surface area contributed by atoms with E-state index in [4.69, 9.17) is 14.2 Å². The van der Waals surface area contributed by atoms with Gasteiger partial charge in [0.15, 0.2) is 6.79 Å². The Kier molecular flexibility index (Phi) is 5.41. The van der Waals surface area contributed by atoms with Gasteiger partial charge >= 0.3 is 0 Å². The molecular weight excluding hydrogens is 292 g/mol. The minimum Gasteiger partial charge on any atom is -0.497 e. The van der Waals surface area contributed by atoms with Gasteiger partial charge in [0, 0.05) is 44.4 Å². The molecule has 5 nitrogen and oxygen atoms in total. The van der Waals surface area contributed by atoms with E-state index >= 15 is 0 Å². The first-order chi connectivity index (χ1) is 11.2. The van der Waals surface area contributed by atoms with Crippen LogP contribution in [0.1, 0.15) is 25.3 Å². The zero-order valence-electron chi connectivity index (χ0n) is 14.5. The smallest absolute Gasteiger partial charge is 0.188 e. The molecule has 2 saturated heterocycles. The van der Waals surface area contributed by atoms with Gasteiger partial charge in [-0.1, -0.05) is 0 Å². The first kappa shape index (κ1) is 16.6. The highest BCUT2D eigenvalue weighted by molar-refractivity contribution is 5.40. The fourth-order valence-corrected chi connectivity index (χ4v) is 3.76. The van der Waals surface area contributed by atoms with Crippen molar-refractivity contribution in [3.05, 3.63) is 23.8 Å². The molecule has 0 unspecified atom stereocenters. The highest BCUT2D eigenvalue weighted by atomic mass is 16.7. The maximum Gasteiger partial charge on any atom is 0.188 e. The van der Waals surface area contributed by atoms with Crippen LogP contribution in [0.5, 0.6) is 11.5 Å². The Balaban J connectivity index is 1.74. The molecule has 23 heavy (non-hydrogen) atoms. The van der Waals surface area contributed by atoms with Crippen molar-refractivity contribution in [3.63, 3.8) is 0 Å². The minimum absolute atomic E-state index is 0.269. The lowest BCUT2D eigenvalue weighted by molar-refractivity contribution is 0.0426. The average molecular weight is 320 g/mol. The fourth-order valence-electron chi connectivity index (χ4n) is 3.76. The molecule has 0 radical (unpaired) electrons. The predicted molar refractivity (Wildman–Crippen MR) is 90.0 cm³/mol. The number of nitrogens with zero attached hydrogens (tertiary/aromatic N) is 2. The molecule has 3 rings (SSSR count). The monoisotopic (exact) mass is 320 g/mol. The van der Waals surface area contributed by atoms with Gasteiger partial charge in [-0.05, 0) is 44.5 Å². The van der Waals surface area contributed by atoms with Gasteiger partial charge in [-0.15, -0.1) is 0 Å². The number of hydrogen-bond acceptors (Lipinski definition) is 5. The Hall–Kier alpha value is -1.30. The van der Waals surface area contributed by atoms with Crippen LogP contribution in [0.4, 0.5) is 0 Å². The van der Waals surface area contributed by atoms with Crippen molar-refractivity contribution in [2.75, 3.05) is 40.6 Å². The van der Waals surface area contributed by atoms with Crippen molar-refractivity contribution in [1.82, 2.24) is 9.80 Å². The van der Waals surface area contributed by atoms with Gasteiger partial charge in [0.25, 0.3) is 0 Å². The van der Waals surface area contributed by atoms with Gasteiger partial charge in [-0.2, -0.15) is 0 Å². The predicted octanol–water partition coefficient (Wildman–Crippen LogP) is 2.35. The van der Waals surface area contributed by atoms with E-state index in [9.17, 15) is 0 Å². The van der Waals surface area contributed by atoms with Crippen LogP contribution in [0.25, 0.3) is 0 Å². The van der Waals surface area contributed by atoms with Crippen molar-refractivity contribution in [1.29, 1.82) is 0 Å². The number of rotatable bonds is 6. The third kappa shape index (κ3) is 3.79. The summed E-state index contributed by atoms with van der Waals surface area (Å²) in [7, 11) is 3.35. The molecule has 0 N–H and O–H groups in total. The highest BCUT2D eigenvalue weighted by Crippen LogP contribution is 2.30. The summed E-state index contributed by atoms with van der Waals surface area (Å²) in [5.74, 6) is 1.76. The molecule has 2 atom stereocenters. The molecule has 0 spiro atoms. The lowest BCUT2D eigenvalue weighted by Gasteiger charge is -2.42. The third-order valence-electron chi connectivity index (χ3n) is 5.04. The summed E-state index contributed by atoms with van der Waals surface area (Å²) in [4.78, 5) is 5.22. The lowest BCUT2D eigenvalue weighted by atomic mass is 10.1. The van der Waals surface area contributed by atoms with Crippen LogP contribution in [0.2, 0.25) is 0 Å². The topological polar surface area (TPSA) is 34.2 Å². The molecule has 0 bridgehead atoms. The van der Waals surface area contributed by atoms with Gasteiger partial charge in [0.05, 0.1) is 7.11 Å². The largest absolute Gasteiger partial charge is 0.497 e. The first-order valence-corrected chi connectivity index (χ1v) is 8.48. The summed E-state index contributed by atoms with van der Waals surface area (Å²) in [5, 5.41) is 0. The summed E-state index contributed by atoms with van der Waals surface area (Å²) in [6.45, 7) is 7.06. The Morgan fingerprint density at radius 2 is 2.09 bits per heavy atom. The second-order valence-corrected chi connectivity index (χ2v) is 6.59. The number of hydrogen-bond donors (Lipinski definition) is 0. The standard InChI is InChI=1S/C18H28N2O3/c1-14-10-19-8-4-5-16(19)12-20(14)11-15-9-17(22-3)6-7-18(15)23-13-21-2/h6-7,9,14,16H,4-5,8,10-13H2,1-3H3/t14-,16-/m0/s1. The SMILES string of the molecule is COCOc1ccc(OC)cc1CN1C[C@@H]2CCCN2C[C@@H]1C. The summed E-state index contributed by atoms with van der Waals surface area (Å²) in [6.07, 6.45) is 2.67. The van der Waals surface area contributed by atoms with E-state index in [1.54, 1.807) is 14.2 Å². The Morgan fingerprint density at radius 3 is 2.87 bits per heavy atom. The molecule has 2 aliphatic heterocycles. The van der Waals surface area contributed by atoms with Crippen LogP contribution in [-0.2, 0) is 11.3 Å². The molecule has 1 aromatic rings. The molecule has 128 valence electrons. The molecule has 5 heteroatoms. The number of ether oxygens (including phenoxy) is 3. The van der Waals surface area contributed by atoms with Gasteiger partial charge < -0.3 is 14.2 Å². The molecule has 0 saturated carbocycles. The molecule has 0 amide bonds.